The van der Waals surface area contributed by atoms with E-state index in [2.05, 4.69) is 10.5 Å². The summed E-state index contributed by atoms with van der Waals surface area (Å²) in [6, 6.07) is 23.3. The molecule has 3 aromatic carbocycles. The van der Waals surface area contributed by atoms with E-state index in [0.717, 1.165) is 16.3 Å². The van der Waals surface area contributed by atoms with Gasteiger partial charge in [0, 0.05) is 17.7 Å². The summed E-state index contributed by atoms with van der Waals surface area (Å²) >= 11 is 0. The number of furan rings is 1. The molecule has 0 saturated heterocycles. The average Bonchev–Trinajstić information content (AvgIpc) is 3.23. The number of non-ortho nitro benzene ring substituents is 1. The Bertz CT molecular complexity index is 1240. The van der Waals surface area contributed by atoms with E-state index < -0.39 is 4.92 Å². The van der Waals surface area contributed by atoms with Gasteiger partial charge in [-0.1, -0.05) is 42.5 Å². The Morgan fingerprint density at radius 2 is 1.77 bits per heavy atom. The largest absolute Gasteiger partial charge is 0.455 e. The van der Waals surface area contributed by atoms with Gasteiger partial charge in [-0.25, -0.2) is 5.43 Å². The van der Waals surface area contributed by atoms with E-state index in [9.17, 15) is 14.9 Å². The standard InChI is InChI=1S/C23H17N3O4/c27-23(14-18-6-3-5-16-4-1-2-7-21(16)18)25-24-15-20-12-13-22(30-20)17-8-10-19(11-9-17)26(28)29/h1-13,15H,14H2,(H,25,27)/b24-15-. The van der Waals surface area contributed by atoms with Crippen molar-refractivity contribution in [3.05, 3.63) is 100 Å². The van der Waals surface area contributed by atoms with E-state index in [1.165, 1.54) is 18.3 Å². The maximum absolute atomic E-state index is 12.2. The quantitative estimate of drug-likeness (QED) is 0.289. The third-order valence-electron chi connectivity index (χ3n) is 4.60. The van der Waals surface area contributed by atoms with Crippen LogP contribution in [0.15, 0.2) is 88.4 Å². The van der Waals surface area contributed by atoms with Crippen LogP contribution in [0.2, 0.25) is 0 Å². The monoisotopic (exact) mass is 399 g/mol. The zero-order valence-corrected chi connectivity index (χ0v) is 15.8. The summed E-state index contributed by atoms with van der Waals surface area (Å²) in [5.41, 5.74) is 4.16. The maximum Gasteiger partial charge on any atom is 0.269 e. The third-order valence-corrected chi connectivity index (χ3v) is 4.60. The highest BCUT2D eigenvalue weighted by atomic mass is 16.6. The molecule has 1 N–H and O–H groups in total. The van der Waals surface area contributed by atoms with Gasteiger partial charge in [-0.05, 0) is 40.6 Å². The molecule has 0 aliphatic carbocycles. The molecule has 0 bridgehead atoms. The Hall–Kier alpha value is -4.26. The first-order valence-corrected chi connectivity index (χ1v) is 9.23. The molecule has 4 rings (SSSR count). The predicted molar refractivity (Wildman–Crippen MR) is 114 cm³/mol. The fraction of sp³-hybridized carbons (Fsp3) is 0.0435. The summed E-state index contributed by atoms with van der Waals surface area (Å²) in [6.07, 6.45) is 1.63. The van der Waals surface area contributed by atoms with Gasteiger partial charge >= 0.3 is 0 Å². The minimum Gasteiger partial charge on any atom is -0.455 e. The van der Waals surface area contributed by atoms with Crippen molar-refractivity contribution >= 4 is 28.6 Å². The Morgan fingerprint density at radius 3 is 2.57 bits per heavy atom. The van der Waals surface area contributed by atoms with Crippen molar-refractivity contribution in [2.24, 2.45) is 5.10 Å². The van der Waals surface area contributed by atoms with Gasteiger partial charge in [0.25, 0.3) is 5.69 Å². The van der Waals surface area contributed by atoms with Gasteiger partial charge in [-0.3, -0.25) is 14.9 Å². The Kier molecular flexibility index (Phi) is 5.34. The summed E-state index contributed by atoms with van der Waals surface area (Å²) < 4.78 is 5.66. The van der Waals surface area contributed by atoms with Crippen molar-refractivity contribution in [3.63, 3.8) is 0 Å². The van der Waals surface area contributed by atoms with Crippen LogP contribution in [0.25, 0.3) is 22.1 Å². The van der Waals surface area contributed by atoms with Crippen molar-refractivity contribution in [1.29, 1.82) is 0 Å². The SMILES string of the molecule is O=C(Cc1cccc2ccccc12)N/N=C\c1ccc(-c2ccc([N+](=O)[O-])cc2)o1. The molecule has 0 spiro atoms. The zero-order valence-electron chi connectivity index (χ0n) is 15.8. The number of nitro benzene ring substituents is 1. The average molecular weight is 399 g/mol. The van der Waals surface area contributed by atoms with Gasteiger partial charge in [-0.15, -0.1) is 0 Å². The molecule has 1 aromatic heterocycles. The molecule has 0 aliphatic heterocycles. The van der Waals surface area contributed by atoms with Gasteiger partial charge in [-0.2, -0.15) is 5.10 Å². The summed E-state index contributed by atoms with van der Waals surface area (Å²) in [5, 5.41) is 16.8. The molecule has 148 valence electrons. The van der Waals surface area contributed by atoms with E-state index in [-0.39, 0.29) is 18.0 Å². The Morgan fingerprint density at radius 1 is 1.00 bits per heavy atom. The fourth-order valence-electron chi connectivity index (χ4n) is 3.15. The number of nitro groups is 1. The number of carbonyl (C=O) groups is 1. The summed E-state index contributed by atoms with van der Waals surface area (Å²) in [5.74, 6) is 0.770. The smallest absolute Gasteiger partial charge is 0.269 e. The van der Waals surface area contributed by atoms with Crippen LogP contribution in [0.5, 0.6) is 0 Å². The van der Waals surface area contributed by atoms with Crippen LogP contribution in [-0.4, -0.2) is 17.0 Å². The number of hydrazone groups is 1. The lowest BCUT2D eigenvalue weighted by Gasteiger charge is -2.05. The van der Waals surface area contributed by atoms with E-state index in [1.807, 2.05) is 42.5 Å². The zero-order chi connectivity index (χ0) is 20.9. The van der Waals surface area contributed by atoms with Crippen LogP contribution >= 0.6 is 0 Å². The van der Waals surface area contributed by atoms with E-state index in [4.69, 9.17) is 4.42 Å². The summed E-state index contributed by atoms with van der Waals surface area (Å²) in [6.45, 7) is 0. The Balaban J connectivity index is 1.39. The molecule has 0 saturated carbocycles. The van der Waals surface area contributed by atoms with Crippen molar-refractivity contribution in [3.8, 4) is 11.3 Å². The minimum atomic E-state index is -0.453. The number of rotatable bonds is 6. The number of hydrogen-bond acceptors (Lipinski definition) is 5. The van der Waals surface area contributed by atoms with E-state index in [1.54, 1.807) is 24.3 Å². The van der Waals surface area contributed by atoms with Crippen LogP contribution < -0.4 is 5.43 Å². The molecular weight excluding hydrogens is 382 g/mol. The molecule has 0 aliphatic rings. The highest BCUT2D eigenvalue weighted by Crippen LogP contribution is 2.24. The summed E-state index contributed by atoms with van der Waals surface area (Å²) in [7, 11) is 0. The Labute approximate surface area is 171 Å². The van der Waals surface area contributed by atoms with Gasteiger partial charge in [0.15, 0.2) is 0 Å². The first-order valence-electron chi connectivity index (χ1n) is 9.23. The lowest BCUT2D eigenvalue weighted by molar-refractivity contribution is -0.384. The van der Waals surface area contributed by atoms with E-state index in [0.29, 0.717) is 17.1 Å². The number of carbonyl (C=O) groups excluding carboxylic acids is 1. The molecule has 1 heterocycles. The molecule has 0 atom stereocenters. The lowest BCUT2D eigenvalue weighted by atomic mass is 10.0. The minimum absolute atomic E-state index is 0.0148. The van der Waals surface area contributed by atoms with Crippen LogP contribution in [0.3, 0.4) is 0 Å². The van der Waals surface area contributed by atoms with Gasteiger partial charge in [0.05, 0.1) is 17.6 Å². The molecule has 7 nitrogen and oxygen atoms in total. The van der Waals surface area contributed by atoms with Crippen molar-refractivity contribution in [2.45, 2.75) is 6.42 Å². The maximum atomic E-state index is 12.2. The lowest BCUT2D eigenvalue weighted by Crippen LogP contribution is -2.19. The van der Waals surface area contributed by atoms with Gasteiger partial charge in [0.1, 0.15) is 11.5 Å². The molecule has 1 amide bonds. The van der Waals surface area contributed by atoms with Crippen LogP contribution in [0.1, 0.15) is 11.3 Å². The summed E-state index contributed by atoms with van der Waals surface area (Å²) in [4.78, 5) is 22.5. The number of benzene rings is 3. The molecular formula is C23H17N3O4. The second-order valence-corrected chi connectivity index (χ2v) is 6.61. The number of nitrogens with one attached hydrogen (secondary N) is 1. The number of hydrogen-bond donors (Lipinski definition) is 1. The normalized spacial score (nSPS) is 11.1. The highest BCUT2D eigenvalue weighted by molar-refractivity contribution is 5.90. The number of nitrogens with zero attached hydrogens (tertiary/aromatic N) is 2. The molecule has 4 aromatic rings. The predicted octanol–water partition coefficient (Wildman–Crippen LogP) is 4.70. The third kappa shape index (κ3) is 4.25. The fourth-order valence-corrected chi connectivity index (χ4v) is 3.15. The van der Waals surface area contributed by atoms with Gasteiger partial charge < -0.3 is 4.42 Å². The number of fused-ring (bicyclic) bond motifs is 1. The van der Waals surface area contributed by atoms with Crippen molar-refractivity contribution in [1.82, 2.24) is 5.43 Å². The highest BCUT2D eigenvalue weighted by Gasteiger charge is 2.09. The molecule has 0 radical (unpaired) electrons. The van der Waals surface area contributed by atoms with Crippen molar-refractivity contribution < 1.29 is 14.1 Å². The second kappa shape index (κ2) is 8.40. The van der Waals surface area contributed by atoms with Crippen LogP contribution in [0, 0.1) is 10.1 Å². The van der Waals surface area contributed by atoms with Gasteiger partial charge in [0.2, 0.25) is 5.91 Å². The van der Waals surface area contributed by atoms with Crippen LogP contribution in [-0.2, 0) is 11.2 Å². The molecule has 0 unspecified atom stereocenters. The second-order valence-electron chi connectivity index (χ2n) is 6.61. The first-order chi connectivity index (χ1) is 14.6. The number of amides is 1. The molecule has 30 heavy (non-hydrogen) atoms. The first kappa shape index (κ1) is 19.1. The van der Waals surface area contributed by atoms with Crippen LogP contribution in [0.4, 0.5) is 5.69 Å². The molecule has 7 heteroatoms. The molecule has 0 fully saturated rings. The van der Waals surface area contributed by atoms with Crippen molar-refractivity contribution in [2.75, 3.05) is 0 Å². The van der Waals surface area contributed by atoms with E-state index >= 15 is 0 Å². The topological polar surface area (TPSA) is 97.7 Å².